The molecule has 1 saturated heterocycles. The number of carbonyl (C=O) groups is 2. The predicted octanol–water partition coefficient (Wildman–Crippen LogP) is 3.04. The molecular weight excluding hydrogens is 314 g/mol. The van der Waals surface area contributed by atoms with Gasteiger partial charge in [-0.3, -0.25) is 9.59 Å². The quantitative estimate of drug-likeness (QED) is 0.941. The van der Waals surface area contributed by atoms with Gasteiger partial charge in [-0.2, -0.15) is 0 Å². The lowest BCUT2D eigenvalue weighted by Crippen LogP contribution is -2.28. The van der Waals surface area contributed by atoms with Crippen molar-refractivity contribution in [3.63, 3.8) is 0 Å². The molecule has 0 aliphatic carbocycles. The molecule has 0 saturated carbocycles. The number of para-hydroxylation sites is 1. The van der Waals surface area contributed by atoms with Crippen LogP contribution >= 0.6 is 11.6 Å². The third kappa shape index (κ3) is 3.35. The van der Waals surface area contributed by atoms with E-state index in [1.807, 2.05) is 31.2 Å². The summed E-state index contributed by atoms with van der Waals surface area (Å²) in [6.45, 7) is 2.33. The summed E-state index contributed by atoms with van der Waals surface area (Å²) in [4.78, 5) is 30.3. The predicted molar refractivity (Wildman–Crippen MR) is 89.5 cm³/mol. The molecule has 23 heavy (non-hydrogen) atoms. The Morgan fingerprint density at radius 3 is 2.78 bits per heavy atom. The van der Waals surface area contributed by atoms with Crippen LogP contribution in [0.15, 0.2) is 42.6 Å². The zero-order chi connectivity index (χ0) is 16.4. The molecule has 118 valence electrons. The van der Waals surface area contributed by atoms with Crippen molar-refractivity contribution in [2.24, 2.45) is 5.92 Å². The topological polar surface area (TPSA) is 62.3 Å². The van der Waals surface area contributed by atoms with E-state index in [0.717, 1.165) is 11.3 Å². The van der Waals surface area contributed by atoms with Crippen molar-refractivity contribution in [3.05, 3.63) is 53.2 Å². The second-order valence-corrected chi connectivity index (χ2v) is 5.98. The number of hydrogen-bond acceptors (Lipinski definition) is 3. The van der Waals surface area contributed by atoms with Crippen LogP contribution in [-0.4, -0.2) is 23.3 Å². The van der Waals surface area contributed by atoms with E-state index in [4.69, 9.17) is 11.6 Å². The number of anilines is 2. The van der Waals surface area contributed by atoms with Gasteiger partial charge in [0.2, 0.25) is 11.8 Å². The van der Waals surface area contributed by atoms with Crippen LogP contribution in [-0.2, 0) is 9.59 Å². The molecule has 1 aliphatic heterocycles. The minimum Gasteiger partial charge on any atom is -0.311 e. The average molecular weight is 330 g/mol. The fourth-order valence-electron chi connectivity index (χ4n) is 2.66. The Bertz CT molecular complexity index is 746. The first-order chi connectivity index (χ1) is 11.0. The van der Waals surface area contributed by atoms with E-state index in [0.29, 0.717) is 17.4 Å². The first-order valence-electron chi connectivity index (χ1n) is 7.33. The van der Waals surface area contributed by atoms with Crippen molar-refractivity contribution in [2.45, 2.75) is 13.3 Å². The fourth-order valence-corrected chi connectivity index (χ4v) is 2.77. The molecule has 2 heterocycles. The lowest BCUT2D eigenvalue weighted by atomic mass is 10.1. The molecule has 2 amide bonds. The molecule has 0 spiro atoms. The Balaban J connectivity index is 1.71. The number of carbonyl (C=O) groups excluding carboxylic acids is 2. The van der Waals surface area contributed by atoms with Gasteiger partial charge in [0.1, 0.15) is 5.82 Å². The van der Waals surface area contributed by atoms with E-state index in [2.05, 4.69) is 10.3 Å². The van der Waals surface area contributed by atoms with E-state index in [1.54, 1.807) is 17.0 Å². The standard InChI is InChI=1S/C17H16ClN3O2/c1-11-4-2-3-5-14(11)21-10-12(8-16(21)22)17(23)20-15-7-6-13(18)9-19-15/h2-7,9,12H,8,10H2,1H3,(H,19,20,23)/t12-/m1/s1. The van der Waals surface area contributed by atoms with Gasteiger partial charge in [-0.25, -0.2) is 4.98 Å². The lowest BCUT2D eigenvalue weighted by molar-refractivity contribution is -0.122. The smallest absolute Gasteiger partial charge is 0.230 e. The Hall–Kier alpha value is -2.40. The average Bonchev–Trinajstić information content (AvgIpc) is 2.92. The summed E-state index contributed by atoms with van der Waals surface area (Å²) in [5, 5.41) is 3.24. The van der Waals surface area contributed by atoms with E-state index < -0.39 is 0 Å². The van der Waals surface area contributed by atoms with E-state index in [-0.39, 0.29) is 24.2 Å². The first-order valence-corrected chi connectivity index (χ1v) is 7.71. The molecule has 0 unspecified atom stereocenters. The molecule has 1 aromatic carbocycles. The van der Waals surface area contributed by atoms with Gasteiger partial charge in [0.15, 0.2) is 0 Å². The molecule has 1 atom stereocenters. The highest BCUT2D eigenvalue weighted by Gasteiger charge is 2.35. The molecule has 3 rings (SSSR count). The van der Waals surface area contributed by atoms with Crippen LogP contribution in [0.25, 0.3) is 0 Å². The minimum atomic E-state index is -0.389. The van der Waals surface area contributed by atoms with Crippen LogP contribution in [0.1, 0.15) is 12.0 Å². The maximum absolute atomic E-state index is 12.3. The van der Waals surface area contributed by atoms with Gasteiger partial charge in [0, 0.05) is 24.8 Å². The van der Waals surface area contributed by atoms with Crippen molar-refractivity contribution in [2.75, 3.05) is 16.8 Å². The number of pyridine rings is 1. The maximum Gasteiger partial charge on any atom is 0.230 e. The third-order valence-corrected chi connectivity index (χ3v) is 4.10. The second-order valence-electron chi connectivity index (χ2n) is 5.54. The van der Waals surface area contributed by atoms with Gasteiger partial charge in [-0.15, -0.1) is 0 Å². The number of aryl methyl sites for hydroxylation is 1. The van der Waals surface area contributed by atoms with Crippen LogP contribution in [0, 0.1) is 12.8 Å². The second kappa shape index (κ2) is 6.38. The molecule has 1 fully saturated rings. The summed E-state index contributed by atoms with van der Waals surface area (Å²) in [5.41, 5.74) is 1.87. The van der Waals surface area contributed by atoms with Crippen LogP contribution in [0.3, 0.4) is 0 Å². The summed E-state index contributed by atoms with van der Waals surface area (Å²) in [6, 6.07) is 11.0. The van der Waals surface area contributed by atoms with E-state index >= 15 is 0 Å². The Kier molecular flexibility index (Phi) is 4.30. The van der Waals surface area contributed by atoms with E-state index in [1.165, 1.54) is 6.20 Å². The van der Waals surface area contributed by atoms with E-state index in [9.17, 15) is 9.59 Å². The summed E-state index contributed by atoms with van der Waals surface area (Å²) in [7, 11) is 0. The molecule has 2 aromatic rings. The van der Waals surface area contributed by atoms with Gasteiger partial charge < -0.3 is 10.2 Å². The summed E-state index contributed by atoms with van der Waals surface area (Å²) in [5.74, 6) is -0.200. The third-order valence-electron chi connectivity index (χ3n) is 3.88. The Morgan fingerprint density at radius 2 is 2.09 bits per heavy atom. The van der Waals surface area contributed by atoms with Gasteiger partial charge >= 0.3 is 0 Å². The first kappa shape index (κ1) is 15.5. The molecule has 6 heteroatoms. The van der Waals surface area contributed by atoms with Crippen LogP contribution in [0.2, 0.25) is 5.02 Å². The molecule has 1 aromatic heterocycles. The Morgan fingerprint density at radius 1 is 1.30 bits per heavy atom. The fraction of sp³-hybridized carbons (Fsp3) is 0.235. The van der Waals surface area contributed by atoms with Crippen molar-refractivity contribution >= 4 is 34.9 Å². The van der Waals surface area contributed by atoms with Crippen molar-refractivity contribution in [1.29, 1.82) is 0 Å². The molecule has 0 radical (unpaired) electrons. The zero-order valence-electron chi connectivity index (χ0n) is 12.6. The number of benzene rings is 1. The normalized spacial score (nSPS) is 17.4. The minimum absolute atomic E-state index is 0.0384. The molecule has 1 aliphatic rings. The Labute approximate surface area is 139 Å². The molecule has 0 bridgehead atoms. The van der Waals surface area contributed by atoms with Gasteiger partial charge in [0.05, 0.1) is 10.9 Å². The highest BCUT2D eigenvalue weighted by atomic mass is 35.5. The number of hydrogen-bond donors (Lipinski definition) is 1. The highest BCUT2D eigenvalue weighted by molar-refractivity contribution is 6.30. The van der Waals surface area contributed by atoms with Crippen LogP contribution < -0.4 is 10.2 Å². The van der Waals surface area contributed by atoms with Gasteiger partial charge in [0.25, 0.3) is 0 Å². The molecule has 5 nitrogen and oxygen atoms in total. The molecular formula is C17H16ClN3O2. The number of nitrogens with one attached hydrogen (secondary N) is 1. The summed E-state index contributed by atoms with van der Waals surface area (Å²) in [6.07, 6.45) is 1.67. The summed E-state index contributed by atoms with van der Waals surface area (Å²) < 4.78 is 0. The SMILES string of the molecule is Cc1ccccc1N1C[C@H](C(=O)Nc2ccc(Cl)cn2)CC1=O. The van der Waals surface area contributed by atoms with Crippen molar-refractivity contribution in [1.82, 2.24) is 4.98 Å². The number of aromatic nitrogens is 1. The van der Waals surface area contributed by atoms with Gasteiger partial charge in [-0.1, -0.05) is 29.8 Å². The monoisotopic (exact) mass is 329 g/mol. The number of halogens is 1. The van der Waals surface area contributed by atoms with Crippen LogP contribution in [0.5, 0.6) is 0 Å². The lowest BCUT2D eigenvalue weighted by Gasteiger charge is -2.18. The van der Waals surface area contributed by atoms with Crippen molar-refractivity contribution < 1.29 is 9.59 Å². The zero-order valence-corrected chi connectivity index (χ0v) is 13.4. The summed E-state index contributed by atoms with van der Waals surface area (Å²) >= 11 is 5.77. The number of amides is 2. The highest BCUT2D eigenvalue weighted by Crippen LogP contribution is 2.28. The van der Waals surface area contributed by atoms with Gasteiger partial charge in [-0.05, 0) is 30.7 Å². The maximum atomic E-state index is 12.3. The van der Waals surface area contributed by atoms with Crippen LogP contribution in [0.4, 0.5) is 11.5 Å². The number of nitrogens with zero attached hydrogens (tertiary/aromatic N) is 2. The number of rotatable bonds is 3. The molecule has 1 N–H and O–H groups in total. The van der Waals surface area contributed by atoms with Crippen molar-refractivity contribution in [3.8, 4) is 0 Å². The largest absolute Gasteiger partial charge is 0.311 e.